The van der Waals surface area contributed by atoms with E-state index in [4.69, 9.17) is 5.73 Å². The van der Waals surface area contributed by atoms with Crippen LogP contribution in [0.3, 0.4) is 0 Å². The molecule has 0 fully saturated rings. The molecule has 8 nitrogen and oxygen atoms in total. The minimum Gasteiger partial charge on any atom is -0.384 e. The number of rotatable bonds is 5. The number of nitrogens with zero attached hydrogens (tertiary/aromatic N) is 3. The van der Waals surface area contributed by atoms with E-state index in [1.807, 2.05) is 56.0 Å². The standard InChI is InChI=1S/C31H28IN5O3S/c1-18-4-9-24(10-5-18)41(39,40)37-28-16-22(32)7-6-21(28)15-29(37)30(38)25-14-19(2)12-13-36(31(25)33)23-8-11-26-27(17-23)35-20(3)34-26/h4-11,14-17H,12-13,33H2,1-3H3,(H,34,35). The van der Waals surface area contributed by atoms with E-state index in [9.17, 15) is 13.2 Å². The van der Waals surface area contributed by atoms with Gasteiger partial charge in [-0.1, -0.05) is 29.3 Å². The SMILES string of the molecule is CC1=CC(C(=O)c2cc3ccc(I)cc3n2S(=O)(=O)c2ccc(C)cc2)=C(N)N(c2ccc3[nH]c(C)nc3c2)CC1. The van der Waals surface area contributed by atoms with Gasteiger partial charge in [0.05, 0.1) is 27.0 Å². The van der Waals surface area contributed by atoms with E-state index in [0.29, 0.717) is 23.9 Å². The van der Waals surface area contributed by atoms with Crippen molar-refractivity contribution >= 4 is 66.0 Å². The number of H-pyrrole nitrogens is 1. The number of aromatic nitrogens is 3. The number of carbonyl (C=O) groups is 1. The Labute approximate surface area is 251 Å². The molecule has 3 N–H and O–H groups in total. The monoisotopic (exact) mass is 677 g/mol. The van der Waals surface area contributed by atoms with Crippen LogP contribution in [0.15, 0.2) is 94.7 Å². The van der Waals surface area contributed by atoms with E-state index >= 15 is 0 Å². The van der Waals surface area contributed by atoms with Crippen LogP contribution in [0, 0.1) is 17.4 Å². The molecule has 0 spiro atoms. The van der Waals surface area contributed by atoms with Crippen LogP contribution in [0.4, 0.5) is 5.69 Å². The van der Waals surface area contributed by atoms with Crippen LogP contribution in [0.2, 0.25) is 0 Å². The second kappa shape index (κ2) is 10.2. The zero-order valence-electron chi connectivity index (χ0n) is 22.8. The van der Waals surface area contributed by atoms with Gasteiger partial charge in [-0.25, -0.2) is 17.4 Å². The van der Waals surface area contributed by atoms with Gasteiger partial charge in [0.15, 0.2) is 0 Å². The average molecular weight is 678 g/mol. The molecule has 3 aromatic carbocycles. The van der Waals surface area contributed by atoms with Gasteiger partial charge in [-0.3, -0.25) is 4.79 Å². The molecule has 208 valence electrons. The fraction of sp³-hybridized carbons (Fsp3) is 0.161. The van der Waals surface area contributed by atoms with Crippen molar-refractivity contribution in [3.63, 3.8) is 0 Å². The minimum atomic E-state index is -4.11. The van der Waals surface area contributed by atoms with Gasteiger partial charge in [0.2, 0.25) is 5.78 Å². The maximum Gasteiger partial charge on any atom is 0.268 e. The number of Topliss-reactive ketones (excluding diaryl/α,β-unsaturated/α-hetero) is 1. The molecule has 1 aliphatic rings. The summed E-state index contributed by atoms with van der Waals surface area (Å²) in [6.07, 6.45) is 2.46. The van der Waals surface area contributed by atoms with Crippen LogP contribution in [-0.2, 0) is 10.0 Å². The van der Waals surface area contributed by atoms with Crippen molar-refractivity contribution in [2.45, 2.75) is 32.1 Å². The number of nitrogens with two attached hydrogens (primary N) is 1. The fourth-order valence-corrected chi connectivity index (χ4v) is 7.18. The van der Waals surface area contributed by atoms with E-state index in [-0.39, 0.29) is 22.0 Å². The van der Waals surface area contributed by atoms with Crippen molar-refractivity contribution in [1.82, 2.24) is 13.9 Å². The number of imidazole rings is 1. The molecule has 0 saturated carbocycles. The van der Waals surface area contributed by atoms with Crippen LogP contribution >= 0.6 is 22.6 Å². The third kappa shape index (κ3) is 4.84. The number of carbonyl (C=O) groups excluding carboxylic acids is 1. The van der Waals surface area contributed by atoms with Crippen LogP contribution in [-0.4, -0.2) is 34.7 Å². The van der Waals surface area contributed by atoms with Crippen molar-refractivity contribution in [3.05, 3.63) is 110 Å². The lowest BCUT2D eigenvalue weighted by Gasteiger charge is -2.25. The molecular formula is C31H28IN5O3S. The first-order chi connectivity index (χ1) is 19.5. The Hall–Kier alpha value is -3.90. The lowest BCUT2D eigenvalue weighted by molar-refractivity contribution is 0.103. The summed E-state index contributed by atoms with van der Waals surface area (Å²) < 4.78 is 30.2. The molecule has 0 unspecified atom stereocenters. The van der Waals surface area contributed by atoms with Crippen LogP contribution in [0.1, 0.15) is 35.2 Å². The fourth-order valence-electron chi connectivity index (χ4n) is 5.21. The van der Waals surface area contributed by atoms with Crippen molar-refractivity contribution < 1.29 is 13.2 Å². The number of allylic oxidation sites excluding steroid dienone is 2. The van der Waals surface area contributed by atoms with Gasteiger partial charge in [0.1, 0.15) is 17.3 Å². The maximum atomic E-state index is 14.4. The molecule has 5 aromatic rings. The summed E-state index contributed by atoms with van der Waals surface area (Å²) >= 11 is 2.14. The highest BCUT2D eigenvalue weighted by Gasteiger charge is 2.30. The molecule has 41 heavy (non-hydrogen) atoms. The number of aromatic amines is 1. The number of aryl methyl sites for hydroxylation is 2. The number of anilines is 1. The molecule has 3 heterocycles. The number of fused-ring (bicyclic) bond motifs is 2. The first-order valence-electron chi connectivity index (χ1n) is 13.1. The molecule has 10 heteroatoms. The quantitative estimate of drug-likeness (QED) is 0.170. The summed E-state index contributed by atoms with van der Waals surface area (Å²) in [5.41, 5.74) is 11.9. The van der Waals surface area contributed by atoms with Crippen LogP contribution < -0.4 is 10.6 Å². The van der Waals surface area contributed by atoms with Gasteiger partial charge in [-0.2, -0.15) is 0 Å². The molecule has 0 atom stereocenters. The third-order valence-electron chi connectivity index (χ3n) is 7.34. The van der Waals surface area contributed by atoms with Gasteiger partial charge in [0, 0.05) is 21.2 Å². The summed E-state index contributed by atoms with van der Waals surface area (Å²) in [7, 11) is -4.11. The summed E-state index contributed by atoms with van der Waals surface area (Å²) in [6.45, 7) is 6.30. The number of ketones is 1. The molecule has 0 radical (unpaired) electrons. The molecular weight excluding hydrogens is 649 g/mol. The summed E-state index contributed by atoms with van der Waals surface area (Å²) in [6, 6.07) is 19.6. The topological polar surface area (TPSA) is 114 Å². The first-order valence-corrected chi connectivity index (χ1v) is 15.6. The third-order valence-corrected chi connectivity index (χ3v) is 9.76. The van der Waals surface area contributed by atoms with E-state index < -0.39 is 15.8 Å². The van der Waals surface area contributed by atoms with E-state index in [2.05, 4.69) is 32.6 Å². The largest absolute Gasteiger partial charge is 0.384 e. The number of nitrogens with one attached hydrogen (secondary N) is 1. The normalized spacial score (nSPS) is 14.5. The Morgan fingerprint density at radius 2 is 1.76 bits per heavy atom. The Bertz CT molecular complexity index is 2040. The first kappa shape index (κ1) is 27.3. The van der Waals surface area contributed by atoms with Gasteiger partial charge in [-0.15, -0.1) is 0 Å². The Morgan fingerprint density at radius 3 is 2.51 bits per heavy atom. The Morgan fingerprint density at radius 1 is 1.00 bits per heavy atom. The van der Waals surface area contributed by atoms with E-state index in [1.165, 1.54) is 0 Å². The van der Waals surface area contributed by atoms with E-state index in [1.54, 1.807) is 42.5 Å². The smallest absolute Gasteiger partial charge is 0.268 e. The molecule has 0 aliphatic carbocycles. The Kier molecular flexibility index (Phi) is 6.77. The number of hydrogen-bond acceptors (Lipinski definition) is 6. The van der Waals surface area contributed by atoms with E-state index in [0.717, 1.165) is 41.2 Å². The lowest BCUT2D eigenvalue weighted by atomic mass is 10.1. The van der Waals surface area contributed by atoms with Crippen molar-refractivity contribution in [1.29, 1.82) is 0 Å². The molecule has 2 aromatic heterocycles. The highest BCUT2D eigenvalue weighted by atomic mass is 127. The highest BCUT2D eigenvalue weighted by Crippen LogP contribution is 2.32. The van der Waals surface area contributed by atoms with Gasteiger partial charge >= 0.3 is 0 Å². The second-order valence-corrected chi connectivity index (χ2v) is 13.4. The molecule has 1 aliphatic heterocycles. The van der Waals surface area contributed by atoms with Gasteiger partial charge < -0.3 is 15.6 Å². The van der Waals surface area contributed by atoms with Crippen molar-refractivity contribution in [2.24, 2.45) is 5.73 Å². The number of hydrogen-bond donors (Lipinski definition) is 2. The molecule has 0 amide bonds. The van der Waals surface area contributed by atoms with Gasteiger partial charge in [0.25, 0.3) is 10.0 Å². The van der Waals surface area contributed by atoms with Crippen LogP contribution in [0.25, 0.3) is 21.9 Å². The predicted octanol–water partition coefficient (Wildman–Crippen LogP) is 6.19. The minimum absolute atomic E-state index is 0.0322. The predicted molar refractivity (Wildman–Crippen MR) is 171 cm³/mol. The summed E-state index contributed by atoms with van der Waals surface area (Å²) in [5.74, 6) is 0.604. The summed E-state index contributed by atoms with van der Waals surface area (Å²) in [5, 5.41) is 0.647. The highest BCUT2D eigenvalue weighted by molar-refractivity contribution is 14.1. The van der Waals surface area contributed by atoms with Crippen molar-refractivity contribution in [3.8, 4) is 0 Å². The number of benzene rings is 3. The molecule has 0 bridgehead atoms. The summed E-state index contributed by atoms with van der Waals surface area (Å²) in [4.78, 5) is 24.2. The Balaban J connectivity index is 1.54. The second-order valence-electron chi connectivity index (χ2n) is 10.4. The molecule has 6 rings (SSSR count). The lowest BCUT2D eigenvalue weighted by Crippen LogP contribution is -2.31. The average Bonchev–Trinajstić information content (AvgIpc) is 3.46. The molecule has 0 saturated heterocycles. The van der Waals surface area contributed by atoms with Crippen molar-refractivity contribution in [2.75, 3.05) is 11.4 Å². The van der Waals surface area contributed by atoms with Gasteiger partial charge in [-0.05, 0) is 104 Å². The zero-order chi connectivity index (χ0) is 29.1. The maximum absolute atomic E-state index is 14.4. The van der Waals surface area contributed by atoms with Crippen LogP contribution in [0.5, 0.6) is 0 Å². The zero-order valence-corrected chi connectivity index (χ0v) is 25.7. The number of halogens is 1.